The van der Waals surface area contributed by atoms with Crippen molar-refractivity contribution in [2.75, 3.05) is 0 Å². The molecule has 0 amide bonds. The number of para-hydroxylation sites is 1. The molecule has 2 heterocycles. The van der Waals surface area contributed by atoms with E-state index in [4.69, 9.17) is 17.3 Å². The Hall–Kier alpha value is -5.57. The molecule has 0 fully saturated rings. The van der Waals surface area contributed by atoms with Gasteiger partial charge in [-0.2, -0.15) is 0 Å². The Bertz CT molecular complexity index is 3550. The van der Waals surface area contributed by atoms with Gasteiger partial charge in [0.1, 0.15) is 11.6 Å². The second-order valence-corrected chi connectivity index (χ2v) is 21.0. The second-order valence-electron chi connectivity index (χ2n) is 21.0. The fourth-order valence-electron chi connectivity index (χ4n) is 8.23. The summed E-state index contributed by atoms with van der Waals surface area (Å²) in [5, 5.41) is 12.4. The third-order valence-electron chi connectivity index (χ3n) is 12.3. The maximum Gasteiger partial charge on any atom is 0.148 e. The van der Waals surface area contributed by atoms with Crippen molar-refractivity contribution in [2.45, 2.75) is 125 Å². The predicted octanol–water partition coefficient (Wildman–Crippen LogP) is 16.7. The average molecular weight is 1060 g/mol. The monoisotopic (exact) mass is 1060 g/mol. The zero-order valence-electron chi connectivity index (χ0n) is 50.3. The number of rotatable bonds is 8. The van der Waals surface area contributed by atoms with Gasteiger partial charge in [-0.3, -0.25) is 9.55 Å². The largest absolute Gasteiger partial charge is 0.507 e. The van der Waals surface area contributed by atoms with Gasteiger partial charge in [-0.1, -0.05) is 185 Å². The SMILES string of the molecule is [2H]c1nc(-c2[c-]c(-c3cccc4c3nc(-c3cc(C(C)C)cc(C(C)C)c3O)n4-c3ccc(C(C)(C)C)cc3-c3ccc(C(C)(C)C)cc3)cc(C(C)(C)C)c2)c([2H])c(-c2c([2H])c([2H])c(C([2H])([2H])[2H])c([2H])c2[2H])c1[2H].[Pt]. The van der Waals surface area contributed by atoms with Gasteiger partial charge in [0.05, 0.1) is 31.9 Å². The number of aromatic nitrogens is 3. The first-order valence-electron chi connectivity index (χ1n) is 27.5. The predicted molar refractivity (Wildman–Crippen MR) is 276 cm³/mol. The summed E-state index contributed by atoms with van der Waals surface area (Å²) >= 11 is 0. The Balaban J connectivity index is 0.00000840. The first kappa shape index (κ1) is 36.5. The summed E-state index contributed by atoms with van der Waals surface area (Å²) in [6.07, 6.45) is -0.583. The van der Waals surface area contributed by atoms with Crippen molar-refractivity contribution in [3.8, 4) is 67.5 Å². The topological polar surface area (TPSA) is 50.9 Å². The van der Waals surface area contributed by atoms with Crippen molar-refractivity contribution in [3.05, 3.63) is 167 Å². The van der Waals surface area contributed by atoms with Gasteiger partial charge in [0, 0.05) is 42.6 Å². The molecule has 66 heavy (non-hydrogen) atoms. The van der Waals surface area contributed by atoms with Gasteiger partial charge in [-0.15, -0.1) is 29.3 Å². The van der Waals surface area contributed by atoms with E-state index in [2.05, 4.69) is 133 Å². The van der Waals surface area contributed by atoms with Gasteiger partial charge in [-0.25, -0.2) is 4.98 Å². The van der Waals surface area contributed by atoms with Gasteiger partial charge in [0.2, 0.25) is 0 Å². The molecule has 6 aromatic carbocycles. The van der Waals surface area contributed by atoms with E-state index in [1.165, 1.54) is 5.56 Å². The molecule has 1 N–H and O–H groups in total. The molecule has 0 aliphatic rings. The Morgan fingerprint density at radius 3 is 1.91 bits per heavy atom. The van der Waals surface area contributed by atoms with Crippen molar-refractivity contribution < 1.29 is 39.9 Å². The number of imidazole rings is 1. The number of hydrogen-bond acceptors (Lipinski definition) is 3. The minimum atomic E-state index is -2.97. The maximum atomic E-state index is 12.4. The molecule has 0 aliphatic carbocycles. The van der Waals surface area contributed by atoms with Crippen LogP contribution >= 0.6 is 0 Å². The first-order chi connectivity index (χ1) is 34.7. The number of benzene rings is 6. The van der Waals surface area contributed by atoms with E-state index in [0.29, 0.717) is 28.0 Å². The van der Waals surface area contributed by atoms with E-state index in [-0.39, 0.29) is 66.3 Å². The Labute approximate surface area is 422 Å². The molecule has 0 unspecified atom stereocenters. The van der Waals surface area contributed by atoms with Crippen molar-refractivity contribution in [1.29, 1.82) is 0 Å². The fraction of sp³-hybridized carbons (Fsp3) is 0.311. The molecule has 0 saturated carbocycles. The molecule has 8 rings (SSSR count). The van der Waals surface area contributed by atoms with Gasteiger partial charge < -0.3 is 5.11 Å². The van der Waals surface area contributed by atoms with Crippen LogP contribution in [-0.4, -0.2) is 19.6 Å². The molecular weight excluding hydrogens is 986 g/mol. The number of phenolic OH excluding ortho intramolecular Hbond substituents is 1. The maximum absolute atomic E-state index is 12.4. The summed E-state index contributed by atoms with van der Waals surface area (Å²) in [4.78, 5) is 10.0. The molecule has 0 spiro atoms. The first-order valence-corrected chi connectivity index (χ1v) is 22.5. The smallest absolute Gasteiger partial charge is 0.148 e. The molecule has 0 atom stereocenters. The van der Waals surface area contributed by atoms with Crippen LogP contribution in [0.15, 0.2) is 127 Å². The fourth-order valence-corrected chi connectivity index (χ4v) is 8.23. The zero-order chi connectivity index (χ0) is 55.3. The van der Waals surface area contributed by atoms with Crippen LogP contribution in [0.1, 0.15) is 149 Å². The molecule has 0 aliphatic heterocycles. The van der Waals surface area contributed by atoms with Crippen molar-refractivity contribution >= 4 is 11.0 Å². The van der Waals surface area contributed by atoms with E-state index in [1.54, 1.807) is 0 Å². The molecule has 0 radical (unpaired) electrons. The van der Waals surface area contributed by atoms with Crippen LogP contribution in [-0.2, 0) is 37.3 Å². The molecular formula is C61H66N3OPt-. The summed E-state index contributed by atoms with van der Waals surface area (Å²) in [6.45, 7) is 24.7. The third kappa shape index (κ3) is 9.63. The van der Waals surface area contributed by atoms with Crippen LogP contribution in [0.4, 0.5) is 0 Å². The number of aromatic hydroxyl groups is 1. The standard InChI is InChI=1S/C61H66N3O.Pt/c1-37(2)43-33-50(38(3)4)57(65)52(34-43)58-63-56-49(44-30-45(32-48(31-44)61(12,13)14)53-35-42(28-29-62-53)40-20-18-39(5)19-21-40)16-15-17-55(56)64(58)54-27-26-47(60(9,10)11)36-51(54)41-22-24-46(25-23-41)59(6,7)8;/h15-29,31-38,65H,1-14H3;/q-1;/i5D3,18D,19D,20D,21D,28D,29D,35D;. The molecule has 0 saturated heterocycles. The van der Waals surface area contributed by atoms with E-state index < -0.39 is 65.8 Å². The number of phenols is 1. The summed E-state index contributed by atoms with van der Waals surface area (Å²) in [6, 6.07) is 28.5. The van der Waals surface area contributed by atoms with Crippen LogP contribution in [0.3, 0.4) is 0 Å². The van der Waals surface area contributed by atoms with E-state index in [1.807, 2.05) is 57.2 Å². The van der Waals surface area contributed by atoms with E-state index in [9.17, 15) is 6.48 Å². The normalized spacial score (nSPS) is 14.7. The van der Waals surface area contributed by atoms with Gasteiger partial charge in [0.15, 0.2) is 0 Å². The number of pyridine rings is 1. The molecule has 8 aromatic rings. The molecule has 342 valence electrons. The third-order valence-corrected chi connectivity index (χ3v) is 12.3. The Morgan fingerprint density at radius 1 is 0.636 bits per heavy atom. The van der Waals surface area contributed by atoms with Crippen LogP contribution in [0, 0.1) is 12.9 Å². The van der Waals surface area contributed by atoms with Crippen LogP contribution < -0.4 is 0 Å². The van der Waals surface area contributed by atoms with Gasteiger partial charge in [0.25, 0.3) is 0 Å². The number of fused-ring (bicyclic) bond motifs is 1. The van der Waals surface area contributed by atoms with E-state index >= 15 is 0 Å². The minimum absolute atomic E-state index is 0. The molecule has 2 aromatic heterocycles. The van der Waals surface area contributed by atoms with Crippen LogP contribution in [0.5, 0.6) is 5.75 Å². The van der Waals surface area contributed by atoms with Crippen molar-refractivity contribution in [2.24, 2.45) is 0 Å². The summed E-state index contributed by atoms with van der Waals surface area (Å²) < 4.78 is 88.5. The summed E-state index contributed by atoms with van der Waals surface area (Å²) in [5.41, 5.74) is 8.80. The summed E-state index contributed by atoms with van der Waals surface area (Å²) in [5.74, 6) is 0.792. The van der Waals surface area contributed by atoms with Gasteiger partial charge in [-0.05, 0) is 104 Å². The molecule has 5 heteroatoms. The number of hydrogen-bond donors (Lipinski definition) is 1. The second kappa shape index (κ2) is 18.3. The quantitative estimate of drug-likeness (QED) is 0.154. The average Bonchev–Trinajstić information content (AvgIpc) is 3.71. The Morgan fingerprint density at radius 2 is 1.29 bits per heavy atom. The number of nitrogens with zero attached hydrogens (tertiary/aromatic N) is 3. The van der Waals surface area contributed by atoms with Crippen molar-refractivity contribution in [1.82, 2.24) is 14.5 Å². The zero-order valence-corrected chi connectivity index (χ0v) is 42.6. The minimum Gasteiger partial charge on any atom is -0.507 e. The van der Waals surface area contributed by atoms with Crippen LogP contribution in [0.25, 0.3) is 72.7 Å². The van der Waals surface area contributed by atoms with Gasteiger partial charge >= 0.3 is 0 Å². The Kier molecular flexibility index (Phi) is 10.1. The van der Waals surface area contributed by atoms with E-state index in [0.717, 1.165) is 44.6 Å². The van der Waals surface area contributed by atoms with Crippen molar-refractivity contribution in [3.63, 3.8) is 0 Å². The molecule has 4 nitrogen and oxygen atoms in total. The summed E-state index contributed by atoms with van der Waals surface area (Å²) in [7, 11) is 0. The van der Waals surface area contributed by atoms with Crippen LogP contribution in [0.2, 0.25) is 0 Å². The molecule has 0 bridgehead atoms.